The van der Waals surface area contributed by atoms with Crippen LogP contribution in [0.5, 0.6) is 0 Å². The molecule has 0 aromatic carbocycles. The first-order chi connectivity index (χ1) is 13.5. The van der Waals surface area contributed by atoms with Crippen LogP contribution in [0.4, 0.5) is 5.69 Å². The fourth-order valence-electron chi connectivity index (χ4n) is 3.29. The van der Waals surface area contributed by atoms with Gasteiger partial charge in [0.2, 0.25) is 5.91 Å². The number of amides is 1. The molecule has 0 spiro atoms. The molecule has 2 aromatic heterocycles. The third-order valence-electron chi connectivity index (χ3n) is 4.87. The number of anilines is 1. The Labute approximate surface area is 170 Å². The highest BCUT2D eigenvalue weighted by Gasteiger charge is 2.18. The van der Waals surface area contributed by atoms with Crippen molar-refractivity contribution in [2.75, 3.05) is 37.7 Å². The summed E-state index contributed by atoms with van der Waals surface area (Å²) in [5.74, 6) is -0.0237. The number of ether oxygens (including phenoxy) is 1. The summed E-state index contributed by atoms with van der Waals surface area (Å²) in [5, 5.41) is 0. The number of aromatic nitrogens is 1. The lowest BCUT2D eigenvalue weighted by Crippen LogP contribution is -2.48. The van der Waals surface area contributed by atoms with Crippen LogP contribution in [0.1, 0.15) is 29.3 Å². The van der Waals surface area contributed by atoms with E-state index in [1.54, 1.807) is 18.3 Å². The minimum atomic E-state index is -0.169. The van der Waals surface area contributed by atoms with E-state index in [1.807, 2.05) is 24.1 Å². The zero-order chi connectivity index (χ0) is 19.9. The molecule has 1 aliphatic rings. The Hall–Kier alpha value is -2.41. The second-order valence-corrected chi connectivity index (χ2v) is 8.10. The van der Waals surface area contributed by atoms with E-state index in [4.69, 9.17) is 4.74 Å². The lowest BCUT2D eigenvalue weighted by molar-refractivity contribution is -0.142. The van der Waals surface area contributed by atoms with E-state index in [0.29, 0.717) is 13.0 Å². The second kappa shape index (κ2) is 9.68. The molecule has 3 heterocycles. The van der Waals surface area contributed by atoms with E-state index < -0.39 is 0 Å². The molecule has 2 aromatic rings. The van der Waals surface area contributed by atoms with Crippen molar-refractivity contribution in [1.29, 1.82) is 0 Å². The number of thiophene rings is 1. The highest BCUT2D eigenvalue weighted by atomic mass is 32.1. The first kappa shape index (κ1) is 20.3. The van der Waals surface area contributed by atoms with Crippen molar-refractivity contribution in [3.05, 3.63) is 45.9 Å². The van der Waals surface area contributed by atoms with Crippen LogP contribution in [-0.2, 0) is 33.6 Å². The number of pyridine rings is 1. The van der Waals surface area contributed by atoms with Crippen molar-refractivity contribution in [3.63, 3.8) is 0 Å². The Balaban J connectivity index is 1.48. The van der Waals surface area contributed by atoms with Gasteiger partial charge in [-0.2, -0.15) is 0 Å². The Morgan fingerprint density at radius 1 is 1.07 bits per heavy atom. The zero-order valence-corrected chi connectivity index (χ0v) is 17.3. The van der Waals surface area contributed by atoms with Gasteiger partial charge in [0.05, 0.1) is 24.9 Å². The summed E-state index contributed by atoms with van der Waals surface area (Å²) >= 11 is 1.67. The minimum absolute atomic E-state index is 0.145. The molecule has 1 aliphatic heterocycles. The van der Waals surface area contributed by atoms with E-state index in [-0.39, 0.29) is 11.9 Å². The molecule has 0 N–H and O–H groups in total. The lowest BCUT2D eigenvalue weighted by atomic mass is 10.2. The highest BCUT2D eigenvalue weighted by molar-refractivity contribution is 7.12. The molecule has 0 unspecified atom stereocenters. The third-order valence-corrected chi connectivity index (χ3v) is 6.01. The van der Waals surface area contributed by atoms with Gasteiger partial charge in [0.1, 0.15) is 0 Å². The van der Waals surface area contributed by atoms with Crippen molar-refractivity contribution in [3.8, 4) is 0 Å². The minimum Gasteiger partial charge on any atom is -0.466 e. The van der Waals surface area contributed by atoms with Crippen LogP contribution in [0, 0.1) is 0 Å². The predicted molar refractivity (Wildman–Crippen MR) is 111 cm³/mol. The number of esters is 1. The molecule has 3 rings (SSSR count). The number of aryl methyl sites for hydroxylation is 2. The summed E-state index contributed by atoms with van der Waals surface area (Å²) < 4.78 is 5.00. The highest BCUT2D eigenvalue weighted by Crippen LogP contribution is 2.20. The van der Waals surface area contributed by atoms with Crippen molar-refractivity contribution < 1.29 is 14.3 Å². The molecule has 0 bridgehead atoms. The van der Waals surface area contributed by atoms with Crippen LogP contribution in [-0.4, -0.2) is 54.5 Å². The summed E-state index contributed by atoms with van der Waals surface area (Å²) in [4.78, 5) is 34.1. The molecule has 0 saturated carbocycles. The van der Waals surface area contributed by atoms with Crippen molar-refractivity contribution in [1.82, 2.24) is 9.88 Å². The number of hydrogen-bond acceptors (Lipinski definition) is 6. The zero-order valence-electron chi connectivity index (χ0n) is 16.5. The summed E-state index contributed by atoms with van der Waals surface area (Å²) in [6.45, 7) is 7.10. The van der Waals surface area contributed by atoms with E-state index >= 15 is 0 Å². The summed E-state index contributed by atoms with van der Waals surface area (Å²) in [6.07, 6.45) is 4.07. The maximum atomic E-state index is 11.6. The number of hydrogen-bond donors (Lipinski definition) is 0. The van der Waals surface area contributed by atoms with E-state index in [0.717, 1.165) is 55.3 Å². The third kappa shape index (κ3) is 5.55. The second-order valence-electron chi connectivity index (χ2n) is 6.85. The summed E-state index contributed by atoms with van der Waals surface area (Å²) in [6, 6.07) is 8.29. The maximum Gasteiger partial charge on any atom is 0.311 e. The van der Waals surface area contributed by atoms with Gasteiger partial charge in [-0.15, -0.1) is 11.3 Å². The Morgan fingerprint density at radius 2 is 1.82 bits per heavy atom. The van der Waals surface area contributed by atoms with Gasteiger partial charge in [-0.3, -0.25) is 14.6 Å². The maximum absolute atomic E-state index is 11.6. The van der Waals surface area contributed by atoms with Crippen LogP contribution in [0.15, 0.2) is 30.5 Å². The van der Waals surface area contributed by atoms with Gasteiger partial charge >= 0.3 is 5.97 Å². The normalized spacial score (nSPS) is 14.2. The quantitative estimate of drug-likeness (QED) is 0.668. The molecule has 0 radical (unpaired) electrons. The van der Waals surface area contributed by atoms with Gasteiger partial charge < -0.3 is 14.5 Å². The van der Waals surface area contributed by atoms with Crippen molar-refractivity contribution >= 4 is 28.9 Å². The van der Waals surface area contributed by atoms with Gasteiger partial charge in [-0.05, 0) is 44.0 Å². The number of piperazine rings is 1. The van der Waals surface area contributed by atoms with Gasteiger partial charge in [0.25, 0.3) is 0 Å². The summed E-state index contributed by atoms with van der Waals surface area (Å²) in [7, 11) is 0. The Morgan fingerprint density at radius 3 is 2.46 bits per heavy atom. The van der Waals surface area contributed by atoms with Crippen molar-refractivity contribution in [2.45, 2.75) is 33.1 Å². The van der Waals surface area contributed by atoms with Gasteiger partial charge in [0.15, 0.2) is 0 Å². The number of rotatable bonds is 7. The molecule has 1 amide bonds. The fraction of sp³-hybridized carbons (Fsp3) is 0.476. The molecule has 150 valence electrons. The van der Waals surface area contributed by atoms with Gasteiger partial charge in [-0.25, -0.2) is 0 Å². The molecule has 1 fully saturated rings. The first-order valence-corrected chi connectivity index (χ1v) is 10.6. The van der Waals surface area contributed by atoms with Crippen LogP contribution in [0.3, 0.4) is 0 Å². The summed E-state index contributed by atoms with van der Waals surface area (Å²) in [5.41, 5.74) is 2.17. The standard InChI is InChI=1S/C21H27N3O3S/c1-3-27-21(26)14-20-9-8-19(28-20)7-5-17-4-6-18(15-22-17)24-12-10-23(11-13-24)16(2)25/h4,6,8-9,15H,3,5,7,10-14H2,1-2H3. The average Bonchev–Trinajstić information content (AvgIpc) is 3.14. The van der Waals surface area contributed by atoms with E-state index in [9.17, 15) is 9.59 Å². The Kier molecular flexibility index (Phi) is 7.03. The monoisotopic (exact) mass is 401 g/mol. The number of nitrogens with zero attached hydrogens (tertiary/aromatic N) is 3. The smallest absolute Gasteiger partial charge is 0.311 e. The van der Waals surface area contributed by atoms with Gasteiger partial charge in [0, 0.05) is 48.6 Å². The SMILES string of the molecule is CCOC(=O)Cc1ccc(CCc2ccc(N3CCN(C(C)=O)CC3)cn2)s1. The number of carbonyl (C=O) groups is 2. The molecule has 6 nitrogen and oxygen atoms in total. The van der Waals surface area contributed by atoms with Crippen LogP contribution < -0.4 is 4.90 Å². The molecular formula is C21H27N3O3S. The predicted octanol–water partition coefficient (Wildman–Crippen LogP) is 2.70. The largest absolute Gasteiger partial charge is 0.466 e. The van der Waals surface area contributed by atoms with Crippen LogP contribution in [0.25, 0.3) is 0 Å². The van der Waals surface area contributed by atoms with E-state index in [1.165, 1.54) is 4.88 Å². The fourth-order valence-corrected chi connectivity index (χ4v) is 4.29. The lowest BCUT2D eigenvalue weighted by Gasteiger charge is -2.35. The van der Waals surface area contributed by atoms with Crippen LogP contribution in [0.2, 0.25) is 0 Å². The Bertz CT molecular complexity index is 795. The topological polar surface area (TPSA) is 62.7 Å². The first-order valence-electron chi connectivity index (χ1n) is 9.73. The van der Waals surface area contributed by atoms with E-state index in [2.05, 4.69) is 28.1 Å². The van der Waals surface area contributed by atoms with Crippen LogP contribution >= 0.6 is 11.3 Å². The molecule has 7 heteroatoms. The molecule has 28 heavy (non-hydrogen) atoms. The van der Waals surface area contributed by atoms with Crippen molar-refractivity contribution in [2.24, 2.45) is 0 Å². The molecule has 0 aliphatic carbocycles. The molecule has 0 atom stereocenters. The molecular weight excluding hydrogens is 374 g/mol. The number of carbonyl (C=O) groups excluding carboxylic acids is 2. The average molecular weight is 402 g/mol. The molecule has 1 saturated heterocycles. The van der Waals surface area contributed by atoms with Gasteiger partial charge in [-0.1, -0.05) is 0 Å².